The first-order valence-corrected chi connectivity index (χ1v) is 9.42. The van der Waals surface area contributed by atoms with Gasteiger partial charge in [-0.3, -0.25) is 0 Å². The van der Waals surface area contributed by atoms with Gasteiger partial charge in [0.1, 0.15) is 5.75 Å². The molecule has 3 aromatic rings. The van der Waals surface area contributed by atoms with Gasteiger partial charge >= 0.3 is 0 Å². The highest BCUT2D eigenvalue weighted by atomic mass is 16.5. The number of para-hydroxylation sites is 3. The number of aryl methyl sites for hydroxylation is 2. The number of ether oxygens (including phenoxy) is 3. The third-order valence-corrected chi connectivity index (χ3v) is 4.45. The highest BCUT2D eigenvalue weighted by molar-refractivity contribution is 5.96. The molecule has 3 rings (SSSR count). The maximum atomic E-state index is 6.07. The zero-order valence-corrected chi connectivity index (χ0v) is 17.2. The Hall–Kier alpha value is -3.53. The van der Waals surface area contributed by atoms with Gasteiger partial charge in [0.15, 0.2) is 11.5 Å². The van der Waals surface area contributed by atoms with Crippen molar-refractivity contribution in [3.8, 4) is 17.2 Å². The molecular formula is C25H25NO3. The summed E-state index contributed by atoms with van der Waals surface area (Å²) in [5, 5.41) is 0. The molecule has 0 saturated heterocycles. The highest BCUT2D eigenvalue weighted by Gasteiger charge is 2.09. The standard InChI is InChI=1S/C25H25NO3/c1-18-14-15-21(16-19(18)2)26-25(29-22-10-6-5-7-11-22)20(3)17-28-24-13-9-8-12-23(24)27-4/h5-17H,1-4H3. The van der Waals surface area contributed by atoms with E-state index in [9.17, 15) is 0 Å². The summed E-state index contributed by atoms with van der Waals surface area (Å²) in [7, 11) is 1.61. The SMILES string of the molecule is COc1ccccc1OC=C(C)C(=Nc1ccc(C)c(C)c1)Oc1ccccc1. The number of hydrogen-bond acceptors (Lipinski definition) is 4. The molecule has 0 radical (unpaired) electrons. The van der Waals surface area contributed by atoms with E-state index >= 15 is 0 Å². The fourth-order valence-electron chi connectivity index (χ4n) is 2.62. The van der Waals surface area contributed by atoms with Gasteiger partial charge in [0, 0.05) is 5.57 Å². The molecule has 0 aliphatic heterocycles. The number of methoxy groups -OCH3 is 1. The Balaban J connectivity index is 1.92. The predicted octanol–water partition coefficient (Wildman–Crippen LogP) is 6.40. The summed E-state index contributed by atoms with van der Waals surface area (Å²) in [5.41, 5.74) is 3.97. The summed E-state index contributed by atoms with van der Waals surface area (Å²) < 4.78 is 17.2. The number of nitrogens with zero attached hydrogens (tertiary/aromatic N) is 1. The number of benzene rings is 3. The molecule has 3 aromatic carbocycles. The fourth-order valence-corrected chi connectivity index (χ4v) is 2.62. The lowest BCUT2D eigenvalue weighted by molar-refractivity contribution is 0.377. The Morgan fingerprint density at radius 2 is 1.52 bits per heavy atom. The van der Waals surface area contributed by atoms with E-state index in [0.717, 1.165) is 11.3 Å². The van der Waals surface area contributed by atoms with Crippen molar-refractivity contribution in [3.05, 3.63) is 95.8 Å². The first-order chi connectivity index (χ1) is 14.1. The van der Waals surface area contributed by atoms with E-state index in [1.807, 2.05) is 73.7 Å². The molecule has 4 heteroatoms. The average molecular weight is 387 g/mol. The first-order valence-electron chi connectivity index (χ1n) is 9.42. The van der Waals surface area contributed by atoms with E-state index in [-0.39, 0.29) is 0 Å². The van der Waals surface area contributed by atoms with Crippen LogP contribution in [0.1, 0.15) is 18.1 Å². The van der Waals surface area contributed by atoms with Crippen LogP contribution in [-0.4, -0.2) is 13.0 Å². The second kappa shape index (κ2) is 9.60. The van der Waals surface area contributed by atoms with Crippen molar-refractivity contribution in [2.45, 2.75) is 20.8 Å². The van der Waals surface area contributed by atoms with Crippen LogP contribution in [0.15, 0.2) is 89.6 Å². The van der Waals surface area contributed by atoms with E-state index < -0.39 is 0 Å². The van der Waals surface area contributed by atoms with Gasteiger partial charge in [-0.15, -0.1) is 0 Å². The summed E-state index contributed by atoms with van der Waals surface area (Å²) in [6, 6.07) is 23.1. The Morgan fingerprint density at radius 3 is 2.21 bits per heavy atom. The molecule has 0 heterocycles. The van der Waals surface area contributed by atoms with E-state index in [1.54, 1.807) is 13.4 Å². The van der Waals surface area contributed by atoms with Gasteiger partial charge in [0.2, 0.25) is 5.90 Å². The number of rotatable bonds is 6. The van der Waals surface area contributed by atoms with Crippen LogP contribution in [0.2, 0.25) is 0 Å². The number of aliphatic imine (C=N–C) groups is 1. The molecule has 29 heavy (non-hydrogen) atoms. The van der Waals surface area contributed by atoms with Crippen LogP contribution in [0, 0.1) is 13.8 Å². The molecule has 0 aromatic heterocycles. The molecule has 0 aliphatic rings. The van der Waals surface area contributed by atoms with E-state index in [4.69, 9.17) is 19.2 Å². The summed E-state index contributed by atoms with van der Waals surface area (Å²) in [6.07, 6.45) is 1.63. The van der Waals surface area contributed by atoms with Gasteiger partial charge in [-0.25, -0.2) is 4.99 Å². The van der Waals surface area contributed by atoms with Gasteiger partial charge in [0.25, 0.3) is 0 Å². The average Bonchev–Trinajstić information content (AvgIpc) is 2.75. The van der Waals surface area contributed by atoms with Crippen molar-refractivity contribution in [2.24, 2.45) is 4.99 Å². The monoisotopic (exact) mass is 387 g/mol. The smallest absolute Gasteiger partial charge is 0.225 e. The maximum absolute atomic E-state index is 6.07. The van der Waals surface area contributed by atoms with E-state index in [2.05, 4.69) is 19.9 Å². The Bertz CT molecular complexity index is 1020. The van der Waals surface area contributed by atoms with Crippen LogP contribution in [0.25, 0.3) is 0 Å². The summed E-state index contributed by atoms with van der Waals surface area (Å²) in [5.74, 6) is 2.46. The molecule has 0 aliphatic carbocycles. The lowest BCUT2D eigenvalue weighted by Gasteiger charge is -2.11. The van der Waals surface area contributed by atoms with Crippen LogP contribution in [0.4, 0.5) is 5.69 Å². The van der Waals surface area contributed by atoms with Crippen LogP contribution in [0.5, 0.6) is 17.2 Å². The molecule has 0 amide bonds. The van der Waals surface area contributed by atoms with Crippen molar-refractivity contribution in [1.82, 2.24) is 0 Å². The minimum absolute atomic E-state index is 0.467. The topological polar surface area (TPSA) is 40.0 Å². The van der Waals surface area contributed by atoms with Crippen molar-refractivity contribution >= 4 is 11.6 Å². The van der Waals surface area contributed by atoms with Crippen molar-refractivity contribution < 1.29 is 14.2 Å². The third kappa shape index (κ3) is 5.48. The molecule has 0 unspecified atom stereocenters. The second-order valence-corrected chi connectivity index (χ2v) is 6.67. The quantitative estimate of drug-likeness (QED) is 0.279. The van der Waals surface area contributed by atoms with Crippen molar-refractivity contribution in [3.63, 3.8) is 0 Å². The van der Waals surface area contributed by atoms with Crippen LogP contribution < -0.4 is 14.2 Å². The molecule has 0 atom stereocenters. The van der Waals surface area contributed by atoms with Gasteiger partial charge < -0.3 is 14.2 Å². The molecule has 0 spiro atoms. The van der Waals surface area contributed by atoms with Crippen molar-refractivity contribution in [1.29, 1.82) is 0 Å². The summed E-state index contributed by atoms with van der Waals surface area (Å²) in [6.45, 7) is 6.05. The minimum atomic E-state index is 0.467. The Morgan fingerprint density at radius 1 is 0.828 bits per heavy atom. The normalized spacial score (nSPS) is 11.9. The molecule has 0 fully saturated rings. The molecule has 4 nitrogen and oxygen atoms in total. The van der Waals surface area contributed by atoms with Crippen molar-refractivity contribution in [2.75, 3.05) is 7.11 Å². The van der Waals surface area contributed by atoms with Gasteiger partial charge in [-0.2, -0.15) is 0 Å². The molecule has 0 N–H and O–H groups in total. The zero-order chi connectivity index (χ0) is 20.6. The Kier molecular flexibility index (Phi) is 6.69. The molecule has 0 bridgehead atoms. The summed E-state index contributed by atoms with van der Waals surface area (Å²) >= 11 is 0. The molecule has 148 valence electrons. The molecular weight excluding hydrogens is 362 g/mol. The van der Waals surface area contributed by atoms with Gasteiger partial charge in [-0.1, -0.05) is 36.4 Å². The van der Waals surface area contributed by atoms with Crippen LogP contribution >= 0.6 is 0 Å². The zero-order valence-electron chi connectivity index (χ0n) is 17.2. The lowest BCUT2D eigenvalue weighted by atomic mass is 10.1. The highest BCUT2D eigenvalue weighted by Crippen LogP contribution is 2.27. The second-order valence-electron chi connectivity index (χ2n) is 6.67. The fraction of sp³-hybridized carbons (Fsp3) is 0.160. The minimum Gasteiger partial charge on any atom is -0.493 e. The van der Waals surface area contributed by atoms with Crippen LogP contribution in [0.3, 0.4) is 0 Å². The predicted molar refractivity (Wildman–Crippen MR) is 117 cm³/mol. The molecule has 0 saturated carbocycles. The largest absolute Gasteiger partial charge is 0.493 e. The van der Waals surface area contributed by atoms with E-state index in [1.165, 1.54) is 11.1 Å². The van der Waals surface area contributed by atoms with Gasteiger partial charge in [-0.05, 0) is 68.3 Å². The summed E-state index contributed by atoms with van der Waals surface area (Å²) in [4.78, 5) is 4.73. The third-order valence-electron chi connectivity index (χ3n) is 4.45. The van der Waals surface area contributed by atoms with Crippen LogP contribution in [-0.2, 0) is 0 Å². The van der Waals surface area contributed by atoms with Gasteiger partial charge in [0.05, 0.1) is 19.1 Å². The Labute approximate surface area is 172 Å². The lowest BCUT2D eigenvalue weighted by Crippen LogP contribution is -2.11. The maximum Gasteiger partial charge on any atom is 0.225 e. The van der Waals surface area contributed by atoms with E-state index in [0.29, 0.717) is 23.1 Å². The number of hydrogen-bond donors (Lipinski definition) is 0. The first kappa shape index (κ1) is 20.2.